The van der Waals surface area contributed by atoms with E-state index < -0.39 is 0 Å². The van der Waals surface area contributed by atoms with Crippen molar-refractivity contribution in [1.82, 2.24) is 0 Å². The Bertz CT molecular complexity index is 1090. The molecule has 0 amide bonds. The summed E-state index contributed by atoms with van der Waals surface area (Å²) in [6.07, 6.45) is 3.24. The van der Waals surface area contributed by atoms with Crippen LogP contribution in [0, 0.1) is 0 Å². The van der Waals surface area contributed by atoms with E-state index >= 15 is 0 Å². The summed E-state index contributed by atoms with van der Waals surface area (Å²) in [7, 11) is 0. The molecule has 2 aromatic heterocycles. The van der Waals surface area contributed by atoms with Gasteiger partial charge in [-0.1, -0.05) is 11.8 Å². The van der Waals surface area contributed by atoms with E-state index in [2.05, 4.69) is 0 Å². The average Bonchev–Trinajstić information content (AvgIpc) is 2.88. The number of benzene rings is 2. The van der Waals surface area contributed by atoms with Gasteiger partial charge >= 0.3 is 11.8 Å². The molecule has 0 atom stereocenters. The number of fused-ring (bicyclic) bond motifs is 7. The summed E-state index contributed by atoms with van der Waals surface area (Å²) in [5, 5.41) is 18.1. The highest BCUT2D eigenvalue weighted by Crippen LogP contribution is 2.43. The minimum absolute atomic E-state index is 0.0315. The predicted molar refractivity (Wildman–Crippen MR) is 84.9 cm³/mol. The van der Waals surface area contributed by atoms with Crippen LogP contribution in [0.2, 0.25) is 0 Å². The van der Waals surface area contributed by atoms with Crippen molar-refractivity contribution in [3.8, 4) is 5.75 Å². The van der Waals surface area contributed by atoms with Crippen molar-refractivity contribution >= 4 is 43.5 Å². The predicted octanol–water partition coefficient (Wildman–Crippen LogP) is 4.84. The first kappa shape index (κ1) is 11.6. The fourth-order valence-corrected chi connectivity index (χ4v) is 3.30. The Hall–Kier alpha value is -3.07. The summed E-state index contributed by atoms with van der Waals surface area (Å²) in [4.78, 5) is 0. The van der Waals surface area contributed by atoms with Gasteiger partial charge in [-0.15, -0.1) is 0 Å². The Morgan fingerprint density at radius 3 is 2.45 bits per heavy atom. The Labute approximate surface area is 125 Å². The third-order valence-electron chi connectivity index (χ3n) is 4.23. The van der Waals surface area contributed by atoms with E-state index in [1.807, 2.05) is 48.5 Å². The molecule has 0 aliphatic heterocycles. The summed E-state index contributed by atoms with van der Waals surface area (Å²) in [5.74, 6) is 0.0315. The van der Waals surface area contributed by atoms with E-state index in [1.54, 1.807) is 12.5 Å². The zero-order valence-corrected chi connectivity index (χ0v) is 11.5. The van der Waals surface area contributed by atoms with Gasteiger partial charge in [0.05, 0.1) is 11.6 Å². The molecule has 5 aromatic rings. The van der Waals surface area contributed by atoms with Crippen LogP contribution in [-0.2, 0) is 0 Å². The smallest absolute Gasteiger partial charge is 0.360 e. The molecule has 0 bridgehead atoms. The third-order valence-corrected chi connectivity index (χ3v) is 4.23. The molecule has 3 nitrogen and oxygen atoms in total. The van der Waals surface area contributed by atoms with E-state index in [1.165, 1.54) is 0 Å². The second-order valence-electron chi connectivity index (χ2n) is 5.36. The second-order valence-corrected chi connectivity index (χ2v) is 5.36. The molecule has 3 heteroatoms. The summed E-state index contributed by atoms with van der Waals surface area (Å²) in [6.45, 7) is 0. The molecule has 0 aliphatic rings. The van der Waals surface area contributed by atoms with E-state index in [4.69, 9.17) is 8.83 Å². The van der Waals surface area contributed by atoms with Crippen molar-refractivity contribution in [3.63, 3.8) is 0 Å². The zero-order valence-electron chi connectivity index (χ0n) is 11.5. The fourth-order valence-electron chi connectivity index (χ4n) is 3.30. The Morgan fingerprint density at radius 2 is 1.55 bits per heavy atom. The zero-order chi connectivity index (χ0) is 14.7. The maximum absolute atomic E-state index is 13.0. The summed E-state index contributed by atoms with van der Waals surface area (Å²) >= 11 is 0. The fraction of sp³-hybridized carbons (Fsp3) is 0. The molecule has 0 saturated heterocycles. The van der Waals surface area contributed by atoms with Gasteiger partial charge < -0.3 is 9.52 Å². The minimum atomic E-state index is 0.0315. The molecule has 0 saturated carbocycles. The highest BCUT2D eigenvalue weighted by Gasteiger charge is 2.15. The average molecular weight is 286 g/mol. The van der Waals surface area contributed by atoms with Gasteiger partial charge in [-0.05, 0) is 51.9 Å². The van der Waals surface area contributed by atoms with Gasteiger partial charge in [-0.3, -0.25) is 0 Å². The first-order chi connectivity index (χ1) is 10.8. The molecule has 3 aromatic carbocycles. The van der Waals surface area contributed by atoms with Crippen molar-refractivity contribution in [3.05, 3.63) is 61.1 Å². The van der Waals surface area contributed by atoms with E-state index in [-0.39, 0.29) is 5.75 Å². The van der Waals surface area contributed by atoms with Gasteiger partial charge in [0.2, 0.25) is 0 Å². The van der Waals surface area contributed by atoms with Crippen molar-refractivity contribution in [2.45, 2.75) is 0 Å². The maximum atomic E-state index is 13.0. The van der Waals surface area contributed by atoms with Crippen LogP contribution >= 0.6 is 0 Å². The SMILES string of the molecule is [O-]c1c2c3cccoc3ccc2c2ccc3[o+]cccc3c12. The lowest BCUT2D eigenvalue weighted by molar-refractivity contribution is -0.263. The Morgan fingerprint density at radius 1 is 0.773 bits per heavy atom. The topological polar surface area (TPSA) is 47.5 Å². The molecule has 5 rings (SSSR count). The molecule has 2 heterocycles. The Kier molecular flexibility index (Phi) is 2.09. The molecular weight excluding hydrogens is 276 g/mol. The molecule has 0 spiro atoms. The van der Waals surface area contributed by atoms with Gasteiger partial charge in [0.25, 0.3) is 0 Å². The lowest BCUT2D eigenvalue weighted by atomic mass is 10.1. The number of hydrogen-bond acceptors (Lipinski definition) is 2. The van der Waals surface area contributed by atoms with Crippen molar-refractivity contribution in [2.75, 3.05) is 0 Å². The van der Waals surface area contributed by atoms with Crippen LogP contribution in [-0.4, -0.2) is 0 Å². The van der Waals surface area contributed by atoms with E-state index in [0.717, 1.165) is 32.7 Å². The summed E-state index contributed by atoms with van der Waals surface area (Å²) in [6, 6.07) is 15.2. The normalized spacial score (nSPS) is 11.8. The van der Waals surface area contributed by atoms with Crippen LogP contribution in [0.25, 0.3) is 43.5 Å². The van der Waals surface area contributed by atoms with Crippen molar-refractivity contribution in [2.24, 2.45) is 0 Å². The lowest BCUT2D eigenvalue weighted by Crippen LogP contribution is -1.88. The van der Waals surface area contributed by atoms with Crippen LogP contribution < -0.4 is 5.11 Å². The first-order valence-corrected chi connectivity index (χ1v) is 7.07. The molecule has 0 fully saturated rings. The molecule has 0 N–H and O–H groups in total. The van der Waals surface area contributed by atoms with Crippen molar-refractivity contribution < 1.29 is 13.9 Å². The highest BCUT2D eigenvalue weighted by molar-refractivity contribution is 6.29. The first-order valence-electron chi connectivity index (χ1n) is 7.07. The Balaban J connectivity index is 2.15. The van der Waals surface area contributed by atoms with Gasteiger partial charge in [-0.2, -0.15) is 0 Å². The molecule has 0 aliphatic carbocycles. The summed E-state index contributed by atoms with van der Waals surface area (Å²) < 4.78 is 11.0. The van der Waals surface area contributed by atoms with Crippen LogP contribution in [0.15, 0.2) is 69.9 Å². The van der Waals surface area contributed by atoms with Crippen LogP contribution in [0.1, 0.15) is 0 Å². The van der Waals surface area contributed by atoms with Crippen LogP contribution in [0.3, 0.4) is 0 Å². The van der Waals surface area contributed by atoms with Gasteiger partial charge in [0.15, 0.2) is 0 Å². The largest absolute Gasteiger partial charge is 0.872 e. The van der Waals surface area contributed by atoms with Gasteiger partial charge in [-0.25, -0.2) is 4.42 Å². The summed E-state index contributed by atoms with van der Waals surface area (Å²) in [5.41, 5.74) is 1.44. The molecule has 104 valence electrons. The van der Waals surface area contributed by atoms with Gasteiger partial charge in [0, 0.05) is 17.5 Å². The molecular formula is C19H10O3. The number of rotatable bonds is 0. The minimum Gasteiger partial charge on any atom is -0.872 e. The number of hydrogen-bond donors (Lipinski definition) is 0. The van der Waals surface area contributed by atoms with Crippen LogP contribution in [0.4, 0.5) is 0 Å². The lowest BCUT2D eigenvalue weighted by Gasteiger charge is -2.07. The van der Waals surface area contributed by atoms with Crippen LogP contribution in [0.5, 0.6) is 5.75 Å². The highest BCUT2D eigenvalue weighted by atomic mass is 16.3. The van der Waals surface area contributed by atoms with E-state index in [9.17, 15) is 5.11 Å². The third kappa shape index (κ3) is 1.33. The monoisotopic (exact) mass is 286 g/mol. The quantitative estimate of drug-likeness (QED) is 0.383. The maximum Gasteiger partial charge on any atom is 0.360 e. The molecule has 0 radical (unpaired) electrons. The van der Waals surface area contributed by atoms with Crippen molar-refractivity contribution in [1.29, 1.82) is 0 Å². The van der Waals surface area contributed by atoms with E-state index in [0.29, 0.717) is 10.8 Å². The second kappa shape index (κ2) is 3.98. The molecule has 22 heavy (non-hydrogen) atoms. The standard InChI is InChI=1S/C19H10O3/c20-19-17-11(5-7-15-13(17)3-1-9-21-15)12-6-8-16-14(18(12)19)4-2-10-22-16/h1-10H. The molecule has 0 unspecified atom stereocenters. The van der Waals surface area contributed by atoms with Gasteiger partial charge in [0.1, 0.15) is 5.58 Å².